The van der Waals surface area contributed by atoms with Crippen molar-refractivity contribution in [3.63, 3.8) is 0 Å². The fourth-order valence-electron chi connectivity index (χ4n) is 1.41. The van der Waals surface area contributed by atoms with E-state index in [0.29, 0.717) is 5.69 Å². The number of hydrogen-bond acceptors (Lipinski definition) is 4. The Labute approximate surface area is 96.7 Å². The van der Waals surface area contributed by atoms with Crippen molar-refractivity contribution in [3.05, 3.63) is 42.1 Å². The second-order valence-electron chi connectivity index (χ2n) is 3.44. The molecule has 2 N–H and O–H groups in total. The van der Waals surface area contributed by atoms with Crippen molar-refractivity contribution in [2.24, 2.45) is 0 Å². The molecule has 0 atom stereocenters. The maximum atomic E-state index is 13.5. The van der Waals surface area contributed by atoms with Gasteiger partial charge >= 0.3 is 0 Å². The van der Waals surface area contributed by atoms with Gasteiger partial charge in [-0.25, -0.2) is 13.8 Å². The van der Waals surface area contributed by atoms with Gasteiger partial charge < -0.3 is 10.6 Å². The standard InChI is InChI=1S/C11H10F2N4/c1-17(8-4-2-3-7(12)5-8)10-9(13)6-15-11(14)16-10/h2-6H,1H3,(H2,14,15,16). The van der Waals surface area contributed by atoms with Crippen LogP contribution in [0, 0.1) is 11.6 Å². The highest BCUT2D eigenvalue weighted by Gasteiger charge is 2.12. The van der Waals surface area contributed by atoms with E-state index in [1.54, 1.807) is 13.1 Å². The minimum Gasteiger partial charge on any atom is -0.368 e. The van der Waals surface area contributed by atoms with Gasteiger partial charge in [-0.2, -0.15) is 4.98 Å². The zero-order valence-electron chi connectivity index (χ0n) is 9.06. The van der Waals surface area contributed by atoms with Gasteiger partial charge in [-0.3, -0.25) is 0 Å². The first kappa shape index (κ1) is 11.3. The number of anilines is 3. The lowest BCUT2D eigenvalue weighted by molar-refractivity contribution is 0.613. The SMILES string of the molecule is CN(c1cccc(F)c1)c1nc(N)ncc1F. The predicted octanol–water partition coefficient (Wildman–Crippen LogP) is 2.10. The molecule has 0 fully saturated rings. The summed E-state index contributed by atoms with van der Waals surface area (Å²) in [6, 6.07) is 5.75. The topological polar surface area (TPSA) is 55.0 Å². The number of benzene rings is 1. The van der Waals surface area contributed by atoms with E-state index in [4.69, 9.17) is 5.73 Å². The van der Waals surface area contributed by atoms with Gasteiger partial charge in [0.1, 0.15) is 5.82 Å². The molecule has 6 heteroatoms. The van der Waals surface area contributed by atoms with Crippen molar-refractivity contribution < 1.29 is 8.78 Å². The highest BCUT2D eigenvalue weighted by Crippen LogP contribution is 2.24. The number of nitrogen functional groups attached to an aromatic ring is 1. The van der Waals surface area contributed by atoms with Crippen LogP contribution in [0.2, 0.25) is 0 Å². The van der Waals surface area contributed by atoms with Gasteiger partial charge in [0.25, 0.3) is 0 Å². The Kier molecular flexibility index (Phi) is 2.86. The van der Waals surface area contributed by atoms with Gasteiger partial charge in [-0.15, -0.1) is 0 Å². The van der Waals surface area contributed by atoms with Gasteiger partial charge in [0.05, 0.1) is 6.20 Å². The van der Waals surface area contributed by atoms with E-state index >= 15 is 0 Å². The summed E-state index contributed by atoms with van der Waals surface area (Å²) in [4.78, 5) is 8.70. The molecular formula is C11H10F2N4. The summed E-state index contributed by atoms with van der Waals surface area (Å²) in [6.45, 7) is 0. The Morgan fingerprint density at radius 3 is 2.76 bits per heavy atom. The number of hydrogen-bond donors (Lipinski definition) is 1. The molecule has 0 aliphatic heterocycles. The average Bonchev–Trinajstić information content (AvgIpc) is 2.31. The lowest BCUT2D eigenvalue weighted by atomic mass is 10.3. The first-order chi connectivity index (χ1) is 8.08. The zero-order chi connectivity index (χ0) is 12.4. The summed E-state index contributed by atoms with van der Waals surface area (Å²) >= 11 is 0. The molecule has 0 bridgehead atoms. The smallest absolute Gasteiger partial charge is 0.222 e. The van der Waals surface area contributed by atoms with Crippen LogP contribution in [0.5, 0.6) is 0 Å². The minimum absolute atomic E-state index is 0.00287. The fourth-order valence-corrected chi connectivity index (χ4v) is 1.41. The summed E-state index contributed by atoms with van der Waals surface area (Å²) in [5, 5.41) is 0. The highest BCUT2D eigenvalue weighted by atomic mass is 19.1. The zero-order valence-corrected chi connectivity index (χ0v) is 9.06. The Balaban J connectivity index is 2.43. The maximum absolute atomic E-state index is 13.5. The minimum atomic E-state index is -0.619. The molecule has 0 aliphatic carbocycles. The molecule has 0 spiro atoms. The average molecular weight is 236 g/mol. The second kappa shape index (κ2) is 4.32. The van der Waals surface area contributed by atoms with E-state index in [9.17, 15) is 8.78 Å². The molecular weight excluding hydrogens is 226 g/mol. The van der Waals surface area contributed by atoms with Crippen molar-refractivity contribution in [1.29, 1.82) is 0 Å². The van der Waals surface area contributed by atoms with Crippen LogP contribution in [-0.4, -0.2) is 17.0 Å². The quantitative estimate of drug-likeness (QED) is 0.867. The Bertz CT molecular complexity index is 545. The van der Waals surface area contributed by atoms with Crippen LogP contribution in [0.1, 0.15) is 0 Å². The van der Waals surface area contributed by atoms with Crippen molar-refractivity contribution in [2.75, 3.05) is 17.7 Å². The second-order valence-corrected chi connectivity index (χ2v) is 3.44. The number of aromatic nitrogens is 2. The van der Waals surface area contributed by atoms with Crippen LogP contribution in [0.25, 0.3) is 0 Å². The number of nitrogens with zero attached hydrogens (tertiary/aromatic N) is 3. The number of rotatable bonds is 2. The van der Waals surface area contributed by atoms with Gasteiger partial charge in [0, 0.05) is 12.7 Å². The van der Waals surface area contributed by atoms with Crippen LogP contribution in [0.15, 0.2) is 30.5 Å². The summed E-state index contributed by atoms with van der Waals surface area (Å²) in [5.74, 6) is -1.06. The Morgan fingerprint density at radius 1 is 1.29 bits per heavy atom. The van der Waals surface area contributed by atoms with E-state index in [1.807, 2.05) is 0 Å². The van der Waals surface area contributed by atoms with Crippen LogP contribution in [-0.2, 0) is 0 Å². The lowest BCUT2D eigenvalue weighted by Gasteiger charge is -2.18. The largest absolute Gasteiger partial charge is 0.368 e. The molecule has 4 nitrogen and oxygen atoms in total. The highest BCUT2D eigenvalue weighted by molar-refractivity contribution is 5.59. The van der Waals surface area contributed by atoms with E-state index in [1.165, 1.54) is 23.1 Å². The summed E-state index contributed by atoms with van der Waals surface area (Å²) in [6.07, 6.45) is 0.980. The van der Waals surface area contributed by atoms with E-state index < -0.39 is 11.6 Å². The van der Waals surface area contributed by atoms with E-state index in [2.05, 4.69) is 9.97 Å². The predicted molar refractivity (Wildman–Crippen MR) is 60.9 cm³/mol. The molecule has 0 saturated carbocycles. The molecule has 0 unspecified atom stereocenters. The molecule has 17 heavy (non-hydrogen) atoms. The van der Waals surface area contributed by atoms with Gasteiger partial charge in [-0.1, -0.05) is 6.07 Å². The summed E-state index contributed by atoms with van der Waals surface area (Å²) in [5.41, 5.74) is 5.86. The van der Waals surface area contributed by atoms with Gasteiger partial charge in [-0.05, 0) is 18.2 Å². The Hall–Kier alpha value is -2.24. The molecule has 0 saturated heterocycles. The van der Waals surface area contributed by atoms with Crippen molar-refractivity contribution in [1.82, 2.24) is 9.97 Å². The van der Waals surface area contributed by atoms with Crippen molar-refractivity contribution in [2.45, 2.75) is 0 Å². The normalized spacial score (nSPS) is 10.3. The molecule has 1 aromatic carbocycles. The molecule has 1 aromatic heterocycles. The first-order valence-corrected chi connectivity index (χ1v) is 4.85. The summed E-state index contributed by atoms with van der Waals surface area (Å²) in [7, 11) is 1.57. The molecule has 0 radical (unpaired) electrons. The maximum Gasteiger partial charge on any atom is 0.222 e. The van der Waals surface area contributed by atoms with Crippen LogP contribution in [0.4, 0.5) is 26.2 Å². The van der Waals surface area contributed by atoms with Crippen LogP contribution < -0.4 is 10.6 Å². The third-order valence-corrected chi connectivity index (χ3v) is 2.26. The van der Waals surface area contributed by atoms with Gasteiger partial charge in [0.2, 0.25) is 5.95 Å². The third-order valence-electron chi connectivity index (χ3n) is 2.26. The molecule has 88 valence electrons. The monoisotopic (exact) mass is 236 g/mol. The third kappa shape index (κ3) is 2.30. The Morgan fingerprint density at radius 2 is 2.06 bits per heavy atom. The van der Waals surface area contributed by atoms with E-state index in [-0.39, 0.29) is 11.8 Å². The molecule has 2 rings (SSSR count). The van der Waals surface area contributed by atoms with Gasteiger partial charge in [0.15, 0.2) is 11.6 Å². The molecule has 2 aromatic rings. The first-order valence-electron chi connectivity index (χ1n) is 4.85. The molecule has 1 heterocycles. The van der Waals surface area contributed by atoms with Crippen molar-refractivity contribution in [3.8, 4) is 0 Å². The molecule has 0 amide bonds. The lowest BCUT2D eigenvalue weighted by Crippen LogP contribution is -2.14. The number of nitrogens with two attached hydrogens (primary N) is 1. The van der Waals surface area contributed by atoms with Crippen LogP contribution in [0.3, 0.4) is 0 Å². The number of halogens is 2. The van der Waals surface area contributed by atoms with E-state index in [0.717, 1.165) is 6.20 Å². The van der Waals surface area contributed by atoms with Crippen LogP contribution >= 0.6 is 0 Å². The van der Waals surface area contributed by atoms with Crippen molar-refractivity contribution >= 4 is 17.5 Å². The fraction of sp³-hybridized carbons (Fsp3) is 0.0909. The molecule has 0 aliphatic rings. The summed E-state index contributed by atoms with van der Waals surface area (Å²) < 4.78 is 26.5.